The van der Waals surface area contributed by atoms with Crippen LogP contribution in [-0.4, -0.2) is 29.4 Å². The molecule has 146 valence electrons. The summed E-state index contributed by atoms with van der Waals surface area (Å²) in [6.07, 6.45) is 11.0. The number of ether oxygens (including phenoxy) is 1. The second-order valence-electron chi connectivity index (χ2n) is 6.79. The zero-order chi connectivity index (χ0) is 19.6. The van der Waals surface area contributed by atoms with Crippen LogP contribution in [0, 0.1) is 0 Å². The minimum Gasteiger partial charge on any atom is -0.483 e. The summed E-state index contributed by atoms with van der Waals surface area (Å²) in [6, 6.07) is 11.3. The molecule has 0 aliphatic heterocycles. The molecule has 1 fully saturated rings. The summed E-state index contributed by atoms with van der Waals surface area (Å²) in [4.78, 5) is 28.1. The number of hydrogen-bond acceptors (Lipinski definition) is 4. The van der Waals surface area contributed by atoms with Gasteiger partial charge in [-0.05, 0) is 36.6 Å². The van der Waals surface area contributed by atoms with Crippen LogP contribution in [0.5, 0.6) is 5.75 Å². The maximum absolute atomic E-state index is 12.0. The molecule has 28 heavy (non-hydrogen) atoms. The highest BCUT2D eigenvalue weighted by atomic mass is 16.5. The molecule has 1 saturated carbocycles. The van der Waals surface area contributed by atoms with Gasteiger partial charge in [0.25, 0.3) is 5.91 Å². The van der Waals surface area contributed by atoms with E-state index in [2.05, 4.69) is 15.6 Å². The molecule has 1 aliphatic carbocycles. The number of carbonyl (C=O) groups is 2. The van der Waals surface area contributed by atoms with E-state index in [1.165, 1.54) is 18.9 Å². The molecule has 0 radical (unpaired) electrons. The van der Waals surface area contributed by atoms with Gasteiger partial charge in [0, 0.05) is 36.6 Å². The van der Waals surface area contributed by atoms with E-state index in [1.807, 2.05) is 30.3 Å². The van der Waals surface area contributed by atoms with Crippen LogP contribution in [0.1, 0.15) is 36.8 Å². The van der Waals surface area contributed by atoms with E-state index in [4.69, 9.17) is 4.74 Å². The SMILES string of the molecule is O=C(/C=C/c1ccccc1OCC(=O)NC1CCCC1)NCc1cccnc1. The molecule has 0 atom stereocenters. The Morgan fingerprint density at radius 2 is 1.96 bits per heavy atom. The molecule has 0 saturated heterocycles. The van der Waals surface area contributed by atoms with Crippen molar-refractivity contribution in [3.05, 3.63) is 66.0 Å². The fourth-order valence-electron chi connectivity index (χ4n) is 3.15. The van der Waals surface area contributed by atoms with Gasteiger partial charge >= 0.3 is 0 Å². The highest BCUT2D eigenvalue weighted by Crippen LogP contribution is 2.20. The lowest BCUT2D eigenvalue weighted by atomic mass is 10.2. The van der Waals surface area contributed by atoms with Crippen molar-refractivity contribution in [2.75, 3.05) is 6.61 Å². The molecule has 1 aromatic heterocycles. The third kappa shape index (κ3) is 6.23. The van der Waals surface area contributed by atoms with Gasteiger partial charge in [0.2, 0.25) is 5.91 Å². The number of amides is 2. The number of pyridine rings is 1. The van der Waals surface area contributed by atoms with Gasteiger partial charge in [-0.3, -0.25) is 14.6 Å². The van der Waals surface area contributed by atoms with Gasteiger partial charge in [-0.15, -0.1) is 0 Å². The van der Waals surface area contributed by atoms with Gasteiger partial charge < -0.3 is 15.4 Å². The quantitative estimate of drug-likeness (QED) is 0.691. The highest BCUT2D eigenvalue weighted by Gasteiger charge is 2.17. The molecule has 2 amide bonds. The predicted molar refractivity (Wildman–Crippen MR) is 107 cm³/mol. The molecule has 3 rings (SSSR count). The van der Waals surface area contributed by atoms with Gasteiger partial charge in [0.1, 0.15) is 5.75 Å². The second-order valence-corrected chi connectivity index (χ2v) is 6.79. The fourth-order valence-corrected chi connectivity index (χ4v) is 3.15. The number of benzene rings is 1. The van der Waals surface area contributed by atoms with E-state index in [1.54, 1.807) is 24.5 Å². The van der Waals surface area contributed by atoms with Crippen molar-refractivity contribution in [3.8, 4) is 5.75 Å². The number of aromatic nitrogens is 1. The molecular formula is C22H25N3O3. The van der Waals surface area contributed by atoms with E-state index in [0.717, 1.165) is 24.0 Å². The monoisotopic (exact) mass is 379 g/mol. The molecule has 1 aliphatic rings. The Hall–Kier alpha value is -3.15. The summed E-state index contributed by atoms with van der Waals surface area (Å²) >= 11 is 0. The van der Waals surface area contributed by atoms with Crippen molar-refractivity contribution in [1.82, 2.24) is 15.6 Å². The molecule has 2 aromatic rings. The van der Waals surface area contributed by atoms with E-state index in [0.29, 0.717) is 12.3 Å². The van der Waals surface area contributed by atoms with Gasteiger partial charge in [0.05, 0.1) is 0 Å². The summed E-state index contributed by atoms with van der Waals surface area (Å²) in [6.45, 7) is 0.380. The molecule has 1 aromatic carbocycles. The van der Waals surface area contributed by atoms with Crippen molar-refractivity contribution in [2.45, 2.75) is 38.3 Å². The number of nitrogens with one attached hydrogen (secondary N) is 2. The number of carbonyl (C=O) groups excluding carboxylic acids is 2. The lowest BCUT2D eigenvalue weighted by Gasteiger charge is -2.13. The van der Waals surface area contributed by atoms with E-state index in [-0.39, 0.29) is 24.5 Å². The summed E-state index contributed by atoms with van der Waals surface area (Å²) < 4.78 is 5.67. The third-order valence-corrected chi connectivity index (χ3v) is 4.60. The number of para-hydroxylation sites is 1. The number of hydrogen-bond donors (Lipinski definition) is 2. The average Bonchev–Trinajstić information content (AvgIpc) is 3.23. The molecule has 2 N–H and O–H groups in total. The summed E-state index contributed by atoms with van der Waals surface area (Å²) in [7, 11) is 0. The predicted octanol–water partition coefficient (Wildman–Crippen LogP) is 2.85. The minimum absolute atomic E-state index is 0.0332. The topological polar surface area (TPSA) is 80.3 Å². The Labute approximate surface area is 165 Å². The van der Waals surface area contributed by atoms with Crippen molar-refractivity contribution in [3.63, 3.8) is 0 Å². The lowest BCUT2D eigenvalue weighted by Crippen LogP contribution is -2.36. The van der Waals surface area contributed by atoms with Crippen LogP contribution in [0.15, 0.2) is 54.9 Å². The van der Waals surface area contributed by atoms with E-state index in [9.17, 15) is 9.59 Å². The average molecular weight is 379 g/mol. The Balaban J connectivity index is 1.50. The standard InChI is InChI=1S/C22H25N3O3/c26-21(24-15-17-6-5-13-23-14-17)12-11-18-7-1-4-10-20(18)28-16-22(27)25-19-8-2-3-9-19/h1,4-7,10-14,19H,2-3,8-9,15-16H2,(H,24,26)(H,25,27)/b12-11+. The van der Waals surface area contributed by atoms with E-state index >= 15 is 0 Å². The first-order valence-corrected chi connectivity index (χ1v) is 9.57. The first-order valence-electron chi connectivity index (χ1n) is 9.57. The molecule has 6 heteroatoms. The molecular weight excluding hydrogens is 354 g/mol. The van der Waals surface area contributed by atoms with Gasteiger partial charge in [-0.2, -0.15) is 0 Å². The molecule has 1 heterocycles. The Morgan fingerprint density at radius 3 is 2.75 bits per heavy atom. The molecule has 6 nitrogen and oxygen atoms in total. The highest BCUT2D eigenvalue weighted by molar-refractivity contribution is 5.92. The second kappa shape index (κ2) is 10.3. The first-order chi connectivity index (χ1) is 13.7. The first kappa shape index (κ1) is 19.6. The van der Waals surface area contributed by atoms with Crippen molar-refractivity contribution >= 4 is 17.9 Å². The largest absolute Gasteiger partial charge is 0.483 e. The van der Waals surface area contributed by atoms with E-state index < -0.39 is 0 Å². The smallest absolute Gasteiger partial charge is 0.258 e. The van der Waals surface area contributed by atoms with Crippen LogP contribution in [0.4, 0.5) is 0 Å². The van der Waals surface area contributed by atoms with Crippen LogP contribution in [-0.2, 0) is 16.1 Å². The van der Waals surface area contributed by atoms with Crippen LogP contribution in [0.2, 0.25) is 0 Å². The van der Waals surface area contributed by atoms with Crippen molar-refractivity contribution < 1.29 is 14.3 Å². The normalized spacial score (nSPS) is 14.1. The van der Waals surface area contributed by atoms with Crippen LogP contribution < -0.4 is 15.4 Å². The number of nitrogens with zero attached hydrogens (tertiary/aromatic N) is 1. The van der Waals surface area contributed by atoms with Gasteiger partial charge in [0.15, 0.2) is 6.61 Å². The third-order valence-electron chi connectivity index (χ3n) is 4.60. The summed E-state index contributed by atoms with van der Waals surface area (Å²) in [5, 5.41) is 5.81. The van der Waals surface area contributed by atoms with Crippen molar-refractivity contribution in [2.24, 2.45) is 0 Å². The van der Waals surface area contributed by atoms with Crippen LogP contribution in [0.25, 0.3) is 6.08 Å². The Morgan fingerprint density at radius 1 is 1.14 bits per heavy atom. The maximum Gasteiger partial charge on any atom is 0.258 e. The van der Waals surface area contributed by atoms with Crippen molar-refractivity contribution in [1.29, 1.82) is 0 Å². The molecule has 0 spiro atoms. The Kier molecular flexibility index (Phi) is 7.18. The zero-order valence-electron chi connectivity index (χ0n) is 15.8. The Bertz CT molecular complexity index is 815. The minimum atomic E-state index is -0.211. The van der Waals surface area contributed by atoms with Crippen LogP contribution >= 0.6 is 0 Å². The molecule has 0 unspecified atom stereocenters. The zero-order valence-corrected chi connectivity index (χ0v) is 15.8. The van der Waals surface area contributed by atoms with Gasteiger partial charge in [-0.25, -0.2) is 0 Å². The van der Waals surface area contributed by atoms with Gasteiger partial charge in [-0.1, -0.05) is 37.1 Å². The molecule has 0 bridgehead atoms. The number of rotatable bonds is 8. The summed E-state index contributed by atoms with van der Waals surface area (Å²) in [5.74, 6) is 0.248. The van der Waals surface area contributed by atoms with Crippen LogP contribution in [0.3, 0.4) is 0 Å². The maximum atomic E-state index is 12.0. The summed E-state index contributed by atoms with van der Waals surface area (Å²) in [5.41, 5.74) is 1.67. The lowest BCUT2D eigenvalue weighted by molar-refractivity contribution is -0.123. The fraction of sp³-hybridized carbons (Fsp3) is 0.318.